The minimum atomic E-state index is -0.429. The van der Waals surface area contributed by atoms with Crippen molar-refractivity contribution in [1.29, 1.82) is 0 Å². The summed E-state index contributed by atoms with van der Waals surface area (Å²) in [4.78, 5) is 2.53. The number of likely N-dealkylation sites (tertiary alicyclic amines) is 1. The van der Waals surface area contributed by atoms with E-state index < -0.39 is 5.60 Å². The summed E-state index contributed by atoms with van der Waals surface area (Å²) in [6.45, 7) is 11.0. The second-order valence-electron chi connectivity index (χ2n) is 7.56. The monoisotopic (exact) mass is 323 g/mol. The summed E-state index contributed by atoms with van der Waals surface area (Å²) in [6.07, 6.45) is 3.77. The smallest absolute Gasteiger partial charge is 0.0669 e. The van der Waals surface area contributed by atoms with Crippen LogP contribution in [0.25, 0.3) is 0 Å². The molecule has 124 valence electrons. The van der Waals surface area contributed by atoms with Crippen molar-refractivity contribution in [3.63, 3.8) is 0 Å². The predicted octanol–water partition coefficient (Wildman–Crippen LogP) is 4.63. The maximum absolute atomic E-state index is 10.4. The van der Waals surface area contributed by atoms with Gasteiger partial charge in [0.1, 0.15) is 0 Å². The molecule has 1 aliphatic heterocycles. The Morgan fingerprint density at radius 2 is 1.77 bits per heavy atom. The minimum Gasteiger partial charge on any atom is -0.390 e. The van der Waals surface area contributed by atoms with Crippen molar-refractivity contribution >= 4 is 11.6 Å². The molecule has 1 aromatic rings. The van der Waals surface area contributed by atoms with Crippen LogP contribution in [0.4, 0.5) is 0 Å². The first-order valence-corrected chi connectivity index (χ1v) is 8.86. The van der Waals surface area contributed by atoms with Crippen molar-refractivity contribution in [2.45, 2.75) is 70.4 Å². The van der Waals surface area contributed by atoms with E-state index >= 15 is 0 Å². The molecule has 0 spiro atoms. The quantitative estimate of drug-likeness (QED) is 0.853. The third-order valence-electron chi connectivity index (χ3n) is 5.44. The average Bonchev–Trinajstić information content (AvgIpc) is 2.48. The van der Waals surface area contributed by atoms with Crippen LogP contribution in [0.5, 0.6) is 0 Å². The van der Waals surface area contributed by atoms with Gasteiger partial charge in [-0.3, -0.25) is 0 Å². The molecule has 1 atom stereocenters. The van der Waals surface area contributed by atoms with E-state index in [9.17, 15) is 5.11 Å². The number of hydrogen-bond donors (Lipinski definition) is 1. The number of aliphatic hydroxyl groups is 1. The van der Waals surface area contributed by atoms with Gasteiger partial charge in [0.05, 0.1) is 5.60 Å². The van der Waals surface area contributed by atoms with E-state index in [-0.39, 0.29) is 5.41 Å². The lowest BCUT2D eigenvalue weighted by molar-refractivity contribution is -0.0340. The van der Waals surface area contributed by atoms with Gasteiger partial charge in [-0.1, -0.05) is 44.5 Å². The molecule has 2 rings (SSSR count). The van der Waals surface area contributed by atoms with Crippen molar-refractivity contribution in [1.82, 2.24) is 4.90 Å². The molecule has 1 unspecified atom stereocenters. The molecule has 1 N–H and O–H groups in total. The zero-order valence-electron chi connectivity index (χ0n) is 14.4. The number of benzene rings is 1. The van der Waals surface area contributed by atoms with Crippen LogP contribution >= 0.6 is 11.6 Å². The third kappa shape index (κ3) is 4.24. The Kier molecular flexibility index (Phi) is 5.58. The predicted molar refractivity (Wildman–Crippen MR) is 94.6 cm³/mol. The molecule has 0 amide bonds. The summed E-state index contributed by atoms with van der Waals surface area (Å²) in [5.74, 6) is 0. The number of piperidine rings is 1. The Balaban J connectivity index is 1.96. The standard InChI is InChI=1S/C19H30ClNO/c1-5-19(22)10-12-21(13-11-19)15(2)14-18(3,4)16-6-8-17(20)9-7-16/h6-9,15,22H,5,10-14H2,1-4H3. The SMILES string of the molecule is CCC1(O)CCN(C(C)CC(C)(C)c2ccc(Cl)cc2)CC1. The van der Waals surface area contributed by atoms with Crippen molar-refractivity contribution in [3.05, 3.63) is 34.9 Å². The third-order valence-corrected chi connectivity index (χ3v) is 5.69. The largest absolute Gasteiger partial charge is 0.390 e. The van der Waals surface area contributed by atoms with Crippen LogP contribution in [0.15, 0.2) is 24.3 Å². The zero-order valence-corrected chi connectivity index (χ0v) is 15.2. The lowest BCUT2D eigenvalue weighted by atomic mass is 9.78. The van der Waals surface area contributed by atoms with Gasteiger partial charge >= 0.3 is 0 Å². The summed E-state index contributed by atoms with van der Waals surface area (Å²) in [5.41, 5.74) is 1.04. The van der Waals surface area contributed by atoms with Crippen LogP contribution < -0.4 is 0 Å². The second kappa shape index (κ2) is 6.90. The minimum absolute atomic E-state index is 0.127. The summed E-state index contributed by atoms with van der Waals surface area (Å²) in [5, 5.41) is 11.2. The van der Waals surface area contributed by atoms with Gasteiger partial charge in [0.2, 0.25) is 0 Å². The molecule has 1 heterocycles. The summed E-state index contributed by atoms with van der Waals surface area (Å²) in [6, 6.07) is 8.76. The Labute approximate surface area is 140 Å². The molecule has 1 aliphatic rings. The van der Waals surface area contributed by atoms with E-state index in [1.807, 2.05) is 12.1 Å². The van der Waals surface area contributed by atoms with Crippen LogP contribution in [-0.4, -0.2) is 34.7 Å². The molecule has 0 bridgehead atoms. The van der Waals surface area contributed by atoms with Gasteiger partial charge in [0.15, 0.2) is 0 Å². The summed E-state index contributed by atoms with van der Waals surface area (Å²) < 4.78 is 0. The fourth-order valence-corrected chi connectivity index (χ4v) is 3.75. The number of nitrogens with zero attached hydrogens (tertiary/aromatic N) is 1. The van der Waals surface area contributed by atoms with E-state index in [2.05, 4.69) is 44.7 Å². The molecule has 3 heteroatoms. The van der Waals surface area contributed by atoms with Crippen LogP contribution in [0.1, 0.15) is 58.9 Å². The van der Waals surface area contributed by atoms with Crippen LogP contribution in [0, 0.1) is 0 Å². The molecule has 0 aromatic heterocycles. The molecule has 22 heavy (non-hydrogen) atoms. The first-order chi connectivity index (χ1) is 10.3. The van der Waals surface area contributed by atoms with Crippen molar-refractivity contribution in [2.24, 2.45) is 0 Å². The topological polar surface area (TPSA) is 23.5 Å². The maximum atomic E-state index is 10.4. The lowest BCUT2D eigenvalue weighted by Crippen LogP contribution is -2.48. The molecule has 1 fully saturated rings. The summed E-state index contributed by atoms with van der Waals surface area (Å²) in [7, 11) is 0. The number of hydrogen-bond acceptors (Lipinski definition) is 2. The second-order valence-corrected chi connectivity index (χ2v) is 7.99. The number of halogens is 1. The van der Waals surface area contributed by atoms with Crippen LogP contribution in [0.2, 0.25) is 5.02 Å². The highest BCUT2D eigenvalue weighted by Crippen LogP contribution is 2.33. The average molecular weight is 324 g/mol. The Morgan fingerprint density at radius 3 is 2.27 bits per heavy atom. The molecule has 1 saturated heterocycles. The maximum Gasteiger partial charge on any atom is 0.0669 e. The number of rotatable bonds is 5. The molecular weight excluding hydrogens is 294 g/mol. The van der Waals surface area contributed by atoms with E-state index in [0.717, 1.165) is 43.8 Å². The Hall–Kier alpha value is -0.570. The molecule has 0 aliphatic carbocycles. The van der Waals surface area contributed by atoms with E-state index in [0.29, 0.717) is 6.04 Å². The van der Waals surface area contributed by atoms with E-state index in [1.54, 1.807) is 0 Å². The molecule has 2 nitrogen and oxygen atoms in total. The van der Waals surface area contributed by atoms with E-state index in [1.165, 1.54) is 5.56 Å². The molecule has 0 saturated carbocycles. The van der Waals surface area contributed by atoms with Crippen LogP contribution in [-0.2, 0) is 5.41 Å². The molecule has 1 aromatic carbocycles. The van der Waals surface area contributed by atoms with Crippen LogP contribution in [0.3, 0.4) is 0 Å². The van der Waals surface area contributed by atoms with Crippen molar-refractivity contribution in [3.8, 4) is 0 Å². The normalized spacial score (nSPS) is 20.8. The van der Waals surface area contributed by atoms with E-state index in [4.69, 9.17) is 11.6 Å². The highest BCUT2D eigenvalue weighted by atomic mass is 35.5. The first kappa shape index (κ1) is 17.8. The Morgan fingerprint density at radius 1 is 1.23 bits per heavy atom. The fourth-order valence-electron chi connectivity index (χ4n) is 3.62. The van der Waals surface area contributed by atoms with Gasteiger partial charge in [-0.15, -0.1) is 0 Å². The van der Waals surface area contributed by atoms with Crippen molar-refractivity contribution < 1.29 is 5.11 Å². The fraction of sp³-hybridized carbons (Fsp3) is 0.684. The first-order valence-electron chi connectivity index (χ1n) is 8.48. The van der Waals surface area contributed by atoms with Gasteiger partial charge in [-0.05, 0) is 55.7 Å². The van der Waals surface area contributed by atoms with Gasteiger partial charge in [0.25, 0.3) is 0 Å². The highest BCUT2D eigenvalue weighted by Gasteiger charge is 2.33. The molecular formula is C19H30ClNO. The lowest BCUT2D eigenvalue weighted by Gasteiger charge is -2.42. The van der Waals surface area contributed by atoms with Gasteiger partial charge in [-0.25, -0.2) is 0 Å². The van der Waals surface area contributed by atoms with Gasteiger partial charge in [0, 0.05) is 24.2 Å². The van der Waals surface area contributed by atoms with Crippen molar-refractivity contribution in [2.75, 3.05) is 13.1 Å². The van der Waals surface area contributed by atoms with Gasteiger partial charge < -0.3 is 10.0 Å². The highest BCUT2D eigenvalue weighted by molar-refractivity contribution is 6.30. The summed E-state index contributed by atoms with van der Waals surface area (Å²) >= 11 is 6.00. The van der Waals surface area contributed by atoms with Gasteiger partial charge in [-0.2, -0.15) is 0 Å². The zero-order chi connectivity index (χ0) is 16.4. The Bertz CT molecular complexity index is 475. The molecule has 0 radical (unpaired) electrons.